The molecule has 0 spiro atoms. The number of hydrogen-bond acceptors (Lipinski definition) is 3. The molecule has 1 aliphatic carbocycles. The quantitative estimate of drug-likeness (QED) is 0.691. The molecule has 1 saturated heterocycles. The zero-order valence-electron chi connectivity index (χ0n) is 16.5. The van der Waals surface area contributed by atoms with Crippen LogP contribution in [0.2, 0.25) is 0 Å². The summed E-state index contributed by atoms with van der Waals surface area (Å²) in [6, 6.07) is 6.37. The van der Waals surface area contributed by atoms with Gasteiger partial charge in [-0.15, -0.1) is 13.2 Å². The zero-order valence-corrected chi connectivity index (χ0v) is 16.5. The Hall–Kier alpha value is -3.09. The van der Waals surface area contributed by atoms with Crippen LogP contribution in [0.15, 0.2) is 49.6 Å². The fourth-order valence-electron chi connectivity index (χ4n) is 4.43. The molecule has 3 amide bonds. The Kier molecular flexibility index (Phi) is 6.06. The van der Waals surface area contributed by atoms with E-state index in [0.29, 0.717) is 37.3 Å². The second-order valence-electron chi connectivity index (χ2n) is 7.73. The van der Waals surface area contributed by atoms with Gasteiger partial charge in [0, 0.05) is 37.4 Å². The molecular weight excluding hydrogens is 370 g/mol. The first-order valence-corrected chi connectivity index (χ1v) is 9.81. The van der Waals surface area contributed by atoms with E-state index in [1.54, 1.807) is 46.2 Å². The van der Waals surface area contributed by atoms with Crippen molar-refractivity contribution in [2.24, 2.45) is 11.3 Å². The zero-order chi connectivity index (χ0) is 21.0. The lowest BCUT2D eigenvalue weighted by Crippen LogP contribution is -2.38. The number of carboxylic acids is 1. The minimum atomic E-state index is -0.804. The van der Waals surface area contributed by atoms with Crippen LogP contribution in [0.3, 0.4) is 0 Å². The number of carbonyl (C=O) groups is 3. The van der Waals surface area contributed by atoms with Crippen LogP contribution in [0.1, 0.15) is 29.6 Å². The summed E-state index contributed by atoms with van der Waals surface area (Å²) in [4.78, 5) is 40.2. The summed E-state index contributed by atoms with van der Waals surface area (Å²) in [5.74, 6) is -0.924. The Morgan fingerprint density at radius 1 is 1.21 bits per heavy atom. The minimum absolute atomic E-state index is 0.0199. The Morgan fingerprint density at radius 2 is 1.86 bits per heavy atom. The molecule has 2 aliphatic rings. The average Bonchev–Trinajstić information content (AvgIpc) is 3.27. The molecule has 0 radical (unpaired) electrons. The highest BCUT2D eigenvalue weighted by atomic mass is 16.4. The van der Waals surface area contributed by atoms with Gasteiger partial charge in [-0.1, -0.05) is 18.6 Å². The number of nitrogens with zero attached hydrogens (tertiary/aromatic N) is 2. The number of nitrogens with one attached hydrogen (secondary N) is 1. The standard InChI is InChI=1S/C22H27N3O4/c1-3-12-24(13-4-2)19(26)16-7-9-18(10-8-16)23-21(29)25-14-17-6-5-11-22(17,15-25)20(27)28/h3-4,7-10,17H,1-2,5-6,11-15H2,(H,23,29)(H,27,28)/t17-,22+/m0/s1. The molecule has 1 aromatic carbocycles. The normalized spacial score (nSPS) is 22.6. The number of anilines is 1. The van der Waals surface area contributed by atoms with Crippen molar-refractivity contribution in [1.29, 1.82) is 0 Å². The Bertz CT molecular complexity index is 810. The molecule has 7 nitrogen and oxygen atoms in total. The van der Waals surface area contributed by atoms with E-state index in [0.717, 1.165) is 12.8 Å². The highest BCUT2D eigenvalue weighted by molar-refractivity contribution is 5.96. The molecule has 1 saturated carbocycles. The number of urea groups is 1. The predicted molar refractivity (Wildman–Crippen MR) is 111 cm³/mol. The number of carbonyl (C=O) groups excluding carboxylic acids is 2. The molecule has 2 N–H and O–H groups in total. The SMILES string of the molecule is C=CCN(CC=C)C(=O)c1ccc(NC(=O)N2C[C@@H]3CCC[C@@]3(C(=O)O)C2)cc1. The van der Waals surface area contributed by atoms with Crippen molar-refractivity contribution in [3.05, 3.63) is 55.1 Å². The van der Waals surface area contributed by atoms with Crippen molar-refractivity contribution >= 4 is 23.6 Å². The summed E-state index contributed by atoms with van der Waals surface area (Å²) in [7, 11) is 0. The first kappa shape index (κ1) is 20.6. The number of hydrogen-bond donors (Lipinski definition) is 2. The molecule has 1 heterocycles. The summed E-state index contributed by atoms with van der Waals surface area (Å²) < 4.78 is 0. The monoisotopic (exact) mass is 397 g/mol. The lowest BCUT2D eigenvalue weighted by Gasteiger charge is -2.23. The largest absolute Gasteiger partial charge is 0.481 e. The van der Waals surface area contributed by atoms with Crippen molar-refractivity contribution in [1.82, 2.24) is 9.80 Å². The summed E-state index contributed by atoms with van der Waals surface area (Å²) in [5.41, 5.74) is 0.270. The van der Waals surface area contributed by atoms with Gasteiger partial charge in [-0.05, 0) is 43.0 Å². The van der Waals surface area contributed by atoms with Gasteiger partial charge >= 0.3 is 12.0 Å². The maximum absolute atomic E-state index is 12.6. The van der Waals surface area contributed by atoms with E-state index in [-0.39, 0.29) is 24.4 Å². The van der Waals surface area contributed by atoms with Crippen LogP contribution in [0.25, 0.3) is 0 Å². The van der Waals surface area contributed by atoms with Gasteiger partial charge in [-0.2, -0.15) is 0 Å². The number of fused-ring (bicyclic) bond motifs is 1. The second kappa shape index (κ2) is 8.51. The summed E-state index contributed by atoms with van der Waals surface area (Å²) >= 11 is 0. The number of benzene rings is 1. The number of carboxylic acid groups (broad SMARTS) is 1. The van der Waals surface area contributed by atoms with E-state index in [1.807, 2.05) is 0 Å². The molecule has 0 aromatic heterocycles. The Labute approximate surface area is 170 Å². The number of amides is 3. The van der Waals surface area contributed by atoms with Gasteiger partial charge in [-0.3, -0.25) is 9.59 Å². The first-order chi connectivity index (χ1) is 13.9. The highest BCUT2D eigenvalue weighted by Gasteiger charge is 2.55. The van der Waals surface area contributed by atoms with Crippen molar-refractivity contribution < 1.29 is 19.5 Å². The average molecular weight is 397 g/mol. The molecule has 3 rings (SSSR count). The predicted octanol–water partition coefficient (Wildman–Crippen LogP) is 3.22. The van der Waals surface area contributed by atoms with Crippen molar-refractivity contribution in [2.75, 3.05) is 31.5 Å². The lowest BCUT2D eigenvalue weighted by atomic mass is 9.81. The fourth-order valence-corrected chi connectivity index (χ4v) is 4.43. The van der Waals surface area contributed by atoms with Gasteiger partial charge in [-0.25, -0.2) is 4.79 Å². The van der Waals surface area contributed by atoms with Gasteiger partial charge in [0.1, 0.15) is 0 Å². The van der Waals surface area contributed by atoms with Crippen molar-refractivity contribution in [3.63, 3.8) is 0 Å². The van der Waals surface area contributed by atoms with Gasteiger partial charge in [0.05, 0.1) is 5.41 Å². The lowest BCUT2D eigenvalue weighted by molar-refractivity contribution is -0.149. The highest BCUT2D eigenvalue weighted by Crippen LogP contribution is 2.48. The molecular formula is C22H27N3O4. The van der Waals surface area contributed by atoms with Gasteiger partial charge in [0.15, 0.2) is 0 Å². The number of aliphatic carboxylic acids is 1. The summed E-state index contributed by atoms with van der Waals surface area (Å²) in [5, 5.41) is 12.5. The van der Waals surface area contributed by atoms with Crippen LogP contribution < -0.4 is 5.32 Å². The maximum Gasteiger partial charge on any atom is 0.321 e. The van der Waals surface area contributed by atoms with Gasteiger partial charge in [0.2, 0.25) is 0 Å². The van der Waals surface area contributed by atoms with E-state index in [4.69, 9.17) is 0 Å². The third kappa shape index (κ3) is 4.04. The third-order valence-electron chi connectivity index (χ3n) is 5.95. The van der Waals surface area contributed by atoms with E-state index in [2.05, 4.69) is 18.5 Å². The molecule has 0 bridgehead atoms. The Morgan fingerprint density at radius 3 is 2.41 bits per heavy atom. The third-order valence-corrected chi connectivity index (χ3v) is 5.95. The van der Waals surface area contributed by atoms with E-state index >= 15 is 0 Å². The fraction of sp³-hybridized carbons (Fsp3) is 0.409. The first-order valence-electron chi connectivity index (χ1n) is 9.81. The van der Waals surface area contributed by atoms with E-state index in [9.17, 15) is 19.5 Å². The van der Waals surface area contributed by atoms with E-state index < -0.39 is 11.4 Å². The molecule has 154 valence electrons. The van der Waals surface area contributed by atoms with Crippen LogP contribution in [0.5, 0.6) is 0 Å². The van der Waals surface area contributed by atoms with Crippen LogP contribution in [-0.4, -0.2) is 59.0 Å². The molecule has 29 heavy (non-hydrogen) atoms. The van der Waals surface area contributed by atoms with E-state index in [1.165, 1.54) is 0 Å². The van der Waals surface area contributed by atoms with Gasteiger partial charge < -0.3 is 20.2 Å². The molecule has 2 fully saturated rings. The number of likely N-dealkylation sites (tertiary alicyclic amines) is 1. The Balaban J connectivity index is 1.63. The van der Waals surface area contributed by atoms with Crippen LogP contribution in [0, 0.1) is 11.3 Å². The topological polar surface area (TPSA) is 90.0 Å². The van der Waals surface area contributed by atoms with Crippen LogP contribution >= 0.6 is 0 Å². The number of rotatable bonds is 7. The molecule has 1 aromatic rings. The maximum atomic E-state index is 12.6. The molecule has 7 heteroatoms. The van der Waals surface area contributed by atoms with Crippen molar-refractivity contribution in [2.45, 2.75) is 19.3 Å². The van der Waals surface area contributed by atoms with Crippen molar-refractivity contribution in [3.8, 4) is 0 Å². The van der Waals surface area contributed by atoms with Gasteiger partial charge in [0.25, 0.3) is 5.91 Å². The second-order valence-corrected chi connectivity index (χ2v) is 7.73. The minimum Gasteiger partial charge on any atom is -0.481 e. The smallest absolute Gasteiger partial charge is 0.321 e. The molecule has 2 atom stereocenters. The van der Waals surface area contributed by atoms with Crippen LogP contribution in [0.4, 0.5) is 10.5 Å². The van der Waals surface area contributed by atoms with Crippen LogP contribution in [-0.2, 0) is 4.79 Å². The molecule has 0 unspecified atom stereocenters. The summed E-state index contributed by atoms with van der Waals surface area (Å²) in [6.45, 7) is 8.88. The molecule has 1 aliphatic heterocycles. The summed E-state index contributed by atoms with van der Waals surface area (Å²) in [6.07, 6.45) is 5.69.